The van der Waals surface area contributed by atoms with Crippen LogP contribution >= 0.6 is 0 Å². The maximum atomic E-state index is 12.3. The molecular weight excluding hydrogens is 344 g/mol. The molecule has 2 aromatic carbocycles. The van der Waals surface area contributed by atoms with Crippen molar-refractivity contribution in [2.24, 2.45) is 5.73 Å². The second-order valence-electron chi connectivity index (χ2n) is 6.06. The number of likely N-dealkylation sites (N-methyl/N-ethyl adjacent to an activating group) is 1. The van der Waals surface area contributed by atoms with Crippen LogP contribution in [0.5, 0.6) is 5.75 Å². The number of rotatable bonds is 7. The Kier molecular flexibility index (Phi) is 5.51. The van der Waals surface area contributed by atoms with Gasteiger partial charge in [0.05, 0.1) is 11.9 Å². The molecule has 0 aliphatic rings. The number of benzene rings is 2. The topological polar surface area (TPSA) is 90.4 Å². The lowest BCUT2D eigenvalue weighted by molar-refractivity contribution is -0.132. The number of hydrogen-bond donors (Lipinski definition) is 1. The van der Waals surface area contributed by atoms with E-state index >= 15 is 0 Å². The number of hydrogen-bond acceptors (Lipinski definition) is 4. The van der Waals surface area contributed by atoms with Gasteiger partial charge in [-0.05, 0) is 30.3 Å². The van der Waals surface area contributed by atoms with E-state index in [9.17, 15) is 9.59 Å². The summed E-state index contributed by atoms with van der Waals surface area (Å²) in [5.74, 6) is -0.309. The van der Waals surface area contributed by atoms with Crippen molar-refractivity contribution in [2.75, 3.05) is 13.7 Å². The molecule has 2 amide bonds. The minimum Gasteiger partial charge on any atom is -0.484 e. The smallest absolute Gasteiger partial charge is 0.260 e. The molecule has 7 heteroatoms. The van der Waals surface area contributed by atoms with E-state index in [0.29, 0.717) is 17.9 Å². The van der Waals surface area contributed by atoms with Crippen LogP contribution in [0.4, 0.5) is 0 Å². The maximum absolute atomic E-state index is 12.3. The lowest BCUT2D eigenvalue weighted by atomic mass is 10.2. The first kappa shape index (κ1) is 18.2. The number of ether oxygens (including phenoxy) is 1. The highest BCUT2D eigenvalue weighted by Crippen LogP contribution is 2.13. The van der Waals surface area contributed by atoms with E-state index in [4.69, 9.17) is 10.5 Å². The fourth-order valence-corrected chi connectivity index (χ4v) is 2.52. The standard InChI is InChI=1S/C20H20N4O3/c1-23(12-15-11-22-24(13-15)17-7-3-2-4-8-17)19(25)14-27-18-9-5-6-16(10-18)20(21)26/h2-11,13H,12,14H2,1H3,(H2,21,26). The van der Waals surface area contributed by atoms with Gasteiger partial charge >= 0.3 is 0 Å². The van der Waals surface area contributed by atoms with Crippen LogP contribution in [0.15, 0.2) is 67.0 Å². The first-order valence-corrected chi connectivity index (χ1v) is 8.38. The van der Waals surface area contributed by atoms with Gasteiger partial charge in [0.1, 0.15) is 5.75 Å². The Morgan fingerprint density at radius 1 is 1.15 bits per heavy atom. The average molecular weight is 364 g/mol. The van der Waals surface area contributed by atoms with Crippen LogP contribution in [-0.4, -0.2) is 40.1 Å². The normalized spacial score (nSPS) is 10.4. The predicted octanol–water partition coefficient (Wildman–Crippen LogP) is 2.01. The number of primary amides is 1. The Morgan fingerprint density at radius 3 is 2.67 bits per heavy atom. The summed E-state index contributed by atoms with van der Waals surface area (Å²) in [5.41, 5.74) is 7.44. The third-order valence-corrected chi connectivity index (χ3v) is 3.98. The zero-order valence-electron chi connectivity index (χ0n) is 14.9. The van der Waals surface area contributed by atoms with Crippen molar-refractivity contribution in [1.82, 2.24) is 14.7 Å². The van der Waals surface area contributed by atoms with Crippen LogP contribution in [0, 0.1) is 0 Å². The summed E-state index contributed by atoms with van der Waals surface area (Å²) in [6.07, 6.45) is 3.62. The van der Waals surface area contributed by atoms with Crippen LogP contribution in [0.3, 0.4) is 0 Å². The number of nitrogens with zero attached hydrogens (tertiary/aromatic N) is 3. The highest BCUT2D eigenvalue weighted by molar-refractivity contribution is 5.93. The van der Waals surface area contributed by atoms with E-state index in [0.717, 1.165) is 11.3 Å². The molecule has 1 heterocycles. The van der Waals surface area contributed by atoms with Crippen molar-refractivity contribution in [2.45, 2.75) is 6.54 Å². The van der Waals surface area contributed by atoms with Crippen LogP contribution in [-0.2, 0) is 11.3 Å². The zero-order chi connectivity index (χ0) is 19.2. The zero-order valence-corrected chi connectivity index (χ0v) is 14.9. The summed E-state index contributed by atoms with van der Waals surface area (Å²) in [4.78, 5) is 25.0. The number of nitrogens with two attached hydrogens (primary N) is 1. The minimum atomic E-state index is -0.542. The molecular formula is C20H20N4O3. The van der Waals surface area contributed by atoms with E-state index in [1.54, 1.807) is 41.0 Å². The number of carbonyl (C=O) groups is 2. The van der Waals surface area contributed by atoms with Crippen molar-refractivity contribution in [3.8, 4) is 11.4 Å². The lowest BCUT2D eigenvalue weighted by Crippen LogP contribution is -2.30. The quantitative estimate of drug-likeness (QED) is 0.694. The van der Waals surface area contributed by atoms with Gasteiger partial charge in [-0.25, -0.2) is 4.68 Å². The Hall–Kier alpha value is -3.61. The summed E-state index contributed by atoms with van der Waals surface area (Å²) >= 11 is 0. The molecule has 0 atom stereocenters. The second-order valence-corrected chi connectivity index (χ2v) is 6.06. The van der Waals surface area contributed by atoms with E-state index in [1.165, 1.54) is 6.07 Å². The van der Waals surface area contributed by atoms with Gasteiger partial charge in [-0.1, -0.05) is 24.3 Å². The number of aromatic nitrogens is 2. The first-order chi connectivity index (χ1) is 13.0. The minimum absolute atomic E-state index is 0.133. The van der Waals surface area contributed by atoms with E-state index in [1.807, 2.05) is 36.5 Å². The van der Waals surface area contributed by atoms with Crippen LogP contribution in [0.2, 0.25) is 0 Å². The Balaban J connectivity index is 1.56. The van der Waals surface area contributed by atoms with Gasteiger partial charge in [-0.15, -0.1) is 0 Å². The molecule has 0 radical (unpaired) electrons. The van der Waals surface area contributed by atoms with Gasteiger partial charge in [0, 0.05) is 30.9 Å². The molecule has 0 saturated heterocycles. The number of amides is 2. The molecule has 3 rings (SSSR count). The van der Waals surface area contributed by atoms with Crippen LogP contribution in [0.1, 0.15) is 15.9 Å². The van der Waals surface area contributed by atoms with Crippen LogP contribution < -0.4 is 10.5 Å². The summed E-state index contributed by atoms with van der Waals surface area (Å²) < 4.78 is 7.24. The maximum Gasteiger partial charge on any atom is 0.260 e. The van der Waals surface area contributed by atoms with Crippen molar-refractivity contribution >= 4 is 11.8 Å². The molecule has 0 fully saturated rings. The molecule has 138 valence electrons. The molecule has 0 spiro atoms. The molecule has 2 N–H and O–H groups in total. The summed E-state index contributed by atoms with van der Waals surface area (Å²) in [5, 5.41) is 4.32. The van der Waals surface area contributed by atoms with E-state index in [2.05, 4.69) is 5.10 Å². The van der Waals surface area contributed by atoms with Crippen molar-refractivity contribution in [1.29, 1.82) is 0 Å². The summed E-state index contributed by atoms with van der Waals surface area (Å²) in [6.45, 7) is 0.280. The van der Waals surface area contributed by atoms with Gasteiger partial charge in [-0.2, -0.15) is 5.10 Å². The third-order valence-electron chi connectivity index (χ3n) is 3.98. The van der Waals surface area contributed by atoms with Gasteiger partial charge in [0.15, 0.2) is 6.61 Å². The molecule has 7 nitrogen and oxygen atoms in total. The SMILES string of the molecule is CN(Cc1cnn(-c2ccccc2)c1)C(=O)COc1cccc(C(N)=O)c1. The lowest BCUT2D eigenvalue weighted by Gasteiger charge is -2.16. The largest absolute Gasteiger partial charge is 0.484 e. The first-order valence-electron chi connectivity index (χ1n) is 8.38. The van der Waals surface area contributed by atoms with Gasteiger partial charge in [0.25, 0.3) is 5.91 Å². The fourth-order valence-electron chi connectivity index (χ4n) is 2.52. The number of para-hydroxylation sites is 1. The van der Waals surface area contributed by atoms with Gasteiger partial charge < -0.3 is 15.4 Å². The predicted molar refractivity (Wildman–Crippen MR) is 100 cm³/mol. The Labute approximate surface area is 157 Å². The average Bonchev–Trinajstić information content (AvgIpc) is 3.15. The monoisotopic (exact) mass is 364 g/mol. The highest BCUT2D eigenvalue weighted by atomic mass is 16.5. The van der Waals surface area contributed by atoms with Crippen LogP contribution in [0.25, 0.3) is 5.69 Å². The molecule has 0 aliphatic heterocycles. The van der Waals surface area contributed by atoms with E-state index < -0.39 is 5.91 Å². The molecule has 0 aliphatic carbocycles. The second kappa shape index (κ2) is 8.18. The Morgan fingerprint density at radius 2 is 1.93 bits per heavy atom. The molecule has 0 unspecified atom stereocenters. The molecule has 1 aromatic heterocycles. The molecule has 27 heavy (non-hydrogen) atoms. The van der Waals surface area contributed by atoms with Crippen molar-refractivity contribution in [3.05, 3.63) is 78.1 Å². The summed E-state index contributed by atoms with van der Waals surface area (Å²) in [6, 6.07) is 16.2. The van der Waals surface area contributed by atoms with Gasteiger partial charge in [-0.3, -0.25) is 9.59 Å². The van der Waals surface area contributed by atoms with Crippen molar-refractivity contribution in [3.63, 3.8) is 0 Å². The number of carbonyl (C=O) groups excluding carboxylic acids is 2. The van der Waals surface area contributed by atoms with Crippen molar-refractivity contribution < 1.29 is 14.3 Å². The molecule has 0 saturated carbocycles. The highest BCUT2D eigenvalue weighted by Gasteiger charge is 2.12. The van der Waals surface area contributed by atoms with Gasteiger partial charge in [0.2, 0.25) is 5.91 Å². The molecule has 0 bridgehead atoms. The van der Waals surface area contributed by atoms with E-state index in [-0.39, 0.29) is 12.5 Å². The molecule has 3 aromatic rings. The fraction of sp³-hybridized carbons (Fsp3) is 0.150. The third kappa shape index (κ3) is 4.72. The Bertz CT molecular complexity index is 937. The summed E-state index contributed by atoms with van der Waals surface area (Å²) in [7, 11) is 1.70.